The molecule has 1 aromatic carbocycles. The molecule has 0 spiro atoms. The van der Waals surface area contributed by atoms with Crippen molar-refractivity contribution in [2.24, 2.45) is 10.9 Å². The first kappa shape index (κ1) is 23.7. The van der Waals surface area contributed by atoms with Crippen molar-refractivity contribution < 1.29 is 26.7 Å². The fourth-order valence-corrected chi connectivity index (χ4v) is 2.86. The molecule has 10 heteroatoms. The lowest BCUT2D eigenvalue weighted by molar-refractivity contribution is -0.182. The standard InChI is InChI=1S/C17H22F5N3O.HI/c1-23-16(25-12-4-2-11(3-5-12)17(20,21)22)24-8-9-26-13-6-7-14(18)15(19)10-13;/h6-7,10-12H,2-5,8-9H2,1H3,(H2,23,24,25);1H. The summed E-state index contributed by atoms with van der Waals surface area (Å²) >= 11 is 0. The number of halogens is 6. The number of nitrogens with zero attached hydrogens (tertiary/aromatic N) is 1. The van der Waals surface area contributed by atoms with Gasteiger partial charge in [0.15, 0.2) is 17.6 Å². The Morgan fingerprint density at radius 3 is 2.37 bits per heavy atom. The maximum atomic E-state index is 13.1. The van der Waals surface area contributed by atoms with Crippen LogP contribution in [0.1, 0.15) is 25.7 Å². The van der Waals surface area contributed by atoms with E-state index in [1.807, 2.05) is 0 Å². The molecule has 0 radical (unpaired) electrons. The van der Waals surface area contributed by atoms with Crippen molar-refractivity contribution in [1.82, 2.24) is 10.6 Å². The van der Waals surface area contributed by atoms with Crippen molar-refractivity contribution in [3.8, 4) is 5.75 Å². The van der Waals surface area contributed by atoms with Gasteiger partial charge in [0.05, 0.1) is 12.5 Å². The predicted molar refractivity (Wildman–Crippen MR) is 104 cm³/mol. The van der Waals surface area contributed by atoms with Gasteiger partial charge in [-0.15, -0.1) is 24.0 Å². The summed E-state index contributed by atoms with van der Waals surface area (Å²) in [4.78, 5) is 4.03. The zero-order chi connectivity index (χ0) is 19.2. The maximum absolute atomic E-state index is 13.1. The summed E-state index contributed by atoms with van der Waals surface area (Å²) in [6.45, 7) is 0.531. The quantitative estimate of drug-likeness (QED) is 0.206. The molecule has 0 amide bonds. The van der Waals surface area contributed by atoms with E-state index in [1.54, 1.807) is 7.05 Å². The van der Waals surface area contributed by atoms with E-state index in [1.165, 1.54) is 6.07 Å². The maximum Gasteiger partial charge on any atom is 0.391 e. The van der Waals surface area contributed by atoms with E-state index in [-0.39, 0.29) is 55.2 Å². The van der Waals surface area contributed by atoms with Crippen LogP contribution < -0.4 is 15.4 Å². The zero-order valence-corrected chi connectivity index (χ0v) is 17.1. The second-order valence-corrected chi connectivity index (χ2v) is 6.16. The molecule has 0 bridgehead atoms. The highest BCUT2D eigenvalue weighted by Gasteiger charge is 2.41. The molecule has 0 unspecified atom stereocenters. The summed E-state index contributed by atoms with van der Waals surface area (Å²) in [6, 6.07) is 3.20. The van der Waals surface area contributed by atoms with Crippen LogP contribution >= 0.6 is 24.0 Å². The van der Waals surface area contributed by atoms with E-state index >= 15 is 0 Å². The number of ether oxygens (including phenoxy) is 1. The molecule has 0 heterocycles. The van der Waals surface area contributed by atoms with E-state index in [0.29, 0.717) is 25.3 Å². The molecule has 1 aromatic rings. The second-order valence-electron chi connectivity index (χ2n) is 6.16. The zero-order valence-electron chi connectivity index (χ0n) is 14.8. The minimum absolute atomic E-state index is 0. The summed E-state index contributed by atoms with van der Waals surface area (Å²) in [7, 11) is 1.56. The van der Waals surface area contributed by atoms with Gasteiger partial charge in [0.25, 0.3) is 0 Å². The number of benzene rings is 1. The molecule has 1 aliphatic carbocycles. The lowest BCUT2D eigenvalue weighted by Gasteiger charge is -2.31. The SMILES string of the molecule is CN=C(NCCOc1ccc(F)c(F)c1)NC1CCC(C(F)(F)F)CC1.I. The molecule has 2 N–H and O–H groups in total. The van der Waals surface area contributed by atoms with Crippen molar-refractivity contribution in [3.63, 3.8) is 0 Å². The van der Waals surface area contributed by atoms with Gasteiger partial charge < -0.3 is 15.4 Å². The Kier molecular flexibility index (Phi) is 9.54. The molecule has 0 aromatic heterocycles. The van der Waals surface area contributed by atoms with E-state index in [4.69, 9.17) is 4.74 Å². The Bertz CT molecular complexity index is 619. The van der Waals surface area contributed by atoms with Gasteiger partial charge in [-0.3, -0.25) is 4.99 Å². The summed E-state index contributed by atoms with van der Waals surface area (Å²) in [5.41, 5.74) is 0. The molecule has 1 fully saturated rings. The van der Waals surface area contributed by atoms with Crippen LogP contribution in [0.25, 0.3) is 0 Å². The smallest absolute Gasteiger partial charge is 0.391 e. The van der Waals surface area contributed by atoms with E-state index in [0.717, 1.165) is 12.1 Å². The molecule has 154 valence electrons. The third kappa shape index (κ3) is 7.67. The number of alkyl halides is 3. The molecule has 1 saturated carbocycles. The Hall–Kier alpha value is -1.33. The van der Waals surface area contributed by atoms with Crippen molar-refractivity contribution in [3.05, 3.63) is 29.8 Å². The molecule has 0 saturated heterocycles. The molecule has 0 aliphatic heterocycles. The first-order valence-electron chi connectivity index (χ1n) is 8.41. The van der Waals surface area contributed by atoms with Crippen molar-refractivity contribution in [2.75, 3.05) is 20.2 Å². The highest BCUT2D eigenvalue weighted by molar-refractivity contribution is 14.0. The summed E-state index contributed by atoms with van der Waals surface area (Å²) in [5.74, 6) is -2.48. The van der Waals surface area contributed by atoms with Gasteiger partial charge in [0, 0.05) is 19.2 Å². The van der Waals surface area contributed by atoms with Crippen LogP contribution in [-0.2, 0) is 0 Å². The van der Waals surface area contributed by atoms with Crippen molar-refractivity contribution >= 4 is 29.9 Å². The van der Waals surface area contributed by atoms with Gasteiger partial charge in [-0.2, -0.15) is 13.2 Å². The van der Waals surface area contributed by atoms with Gasteiger partial charge >= 0.3 is 6.18 Å². The van der Waals surface area contributed by atoms with Crippen LogP contribution in [0.3, 0.4) is 0 Å². The highest BCUT2D eigenvalue weighted by Crippen LogP contribution is 2.37. The molecule has 27 heavy (non-hydrogen) atoms. The van der Waals surface area contributed by atoms with Crippen LogP contribution in [0.4, 0.5) is 22.0 Å². The minimum atomic E-state index is -4.12. The summed E-state index contributed by atoms with van der Waals surface area (Å²) < 4.78 is 69.2. The second kappa shape index (κ2) is 10.9. The van der Waals surface area contributed by atoms with Gasteiger partial charge in [-0.25, -0.2) is 8.78 Å². The first-order valence-corrected chi connectivity index (χ1v) is 8.41. The molecular formula is C17H23F5IN3O. The normalized spacial score (nSPS) is 20.6. The van der Waals surface area contributed by atoms with Gasteiger partial charge in [-0.05, 0) is 37.8 Å². The fourth-order valence-electron chi connectivity index (χ4n) is 2.86. The van der Waals surface area contributed by atoms with E-state index in [2.05, 4.69) is 15.6 Å². The largest absolute Gasteiger partial charge is 0.492 e. The number of hydrogen-bond acceptors (Lipinski definition) is 2. The van der Waals surface area contributed by atoms with Crippen LogP contribution in [-0.4, -0.2) is 38.4 Å². The van der Waals surface area contributed by atoms with E-state index in [9.17, 15) is 22.0 Å². The number of nitrogens with one attached hydrogen (secondary N) is 2. The lowest BCUT2D eigenvalue weighted by Crippen LogP contribution is -2.46. The molecular weight excluding hydrogens is 484 g/mol. The lowest BCUT2D eigenvalue weighted by atomic mass is 9.85. The van der Waals surface area contributed by atoms with Crippen LogP contribution in [0.15, 0.2) is 23.2 Å². The average molecular weight is 507 g/mol. The topological polar surface area (TPSA) is 45.7 Å². The molecule has 2 rings (SSSR count). The van der Waals surface area contributed by atoms with Gasteiger partial charge in [0.1, 0.15) is 12.4 Å². The number of guanidine groups is 1. The Morgan fingerprint density at radius 2 is 1.81 bits per heavy atom. The van der Waals surface area contributed by atoms with Crippen LogP contribution in [0, 0.1) is 17.6 Å². The number of rotatable bonds is 5. The predicted octanol–water partition coefficient (Wildman–Crippen LogP) is 4.25. The van der Waals surface area contributed by atoms with Gasteiger partial charge in [-0.1, -0.05) is 0 Å². The number of aliphatic imine (C=N–C) groups is 1. The third-order valence-corrected chi connectivity index (χ3v) is 4.31. The highest BCUT2D eigenvalue weighted by atomic mass is 127. The Morgan fingerprint density at radius 1 is 1.15 bits per heavy atom. The van der Waals surface area contributed by atoms with Crippen molar-refractivity contribution in [1.29, 1.82) is 0 Å². The van der Waals surface area contributed by atoms with Crippen LogP contribution in [0.5, 0.6) is 5.75 Å². The van der Waals surface area contributed by atoms with E-state index < -0.39 is 23.7 Å². The van der Waals surface area contributed by atoms with Gasteiger partial charge in [0.2, 0.25) is 0 Å². The number of hydrogen-bond donors (Lipinski definition) is 2. The van der Waals surface area contributed by atoms with Crippen molar-refractivity contribution in [2.45, 2.75) is 37.9 Å². The minimum Gasteiger partial charge on any atom is -0.492 e. The summed E-state index contributed by atoms with van der Waals surface area (Å²) in [6.07, 6.45) is -3.05. The first-order chi connectivity index (χ1) is 12.3. The third-order valence-electron chi connectivity index (χ3n) is 4.31. The van der Waals surface area contributed by atoms with Crippen LogP contribution in [0.2, 0.25) is 0 Å². The Labute approximate surface area is 172 Å². The summed E-state index contributed by atoms with van der Waals surface area (Å²) in [5, 5.41) is 6.08. The average Bonchev–Trinajstić information content (AvgIpc) is 2.60. The molecule has 0 atom stereocenters. The fraction of sp³-hybridized carbons (Fsp3) is 0.588. The molecule has 4 nitrogen and oxygen atoms in total. The Balaban J connectivity index is 0.00000364. The molecule has 1 aliphatic rings. The monoisotopic (exact) mass is 507 g/mol.